The zero-order valence-corrected chi connectivity index (χ0v) is 24.3. The Kier molecular flexibility index (Phi) is 8.15. The van der Waals surface area contributed by atoms with E-state index in [0.29, 0.717) is 36.5 Å². The normalized spacial score (nSPS) is 43.1. The first-order chi connectivity index (χ1) is 17.2. The number of esters is 2. The highest BCUT2D eigenvalue weighted by Gasteiger charge is 2.63. The van der Waals surface area contributed by atoms with E-state index in [4.69, 9.17) is 9.47 Å². The molecule has 4 saturated carbocycles. The van der Waals surface area contributed by atoms with E-state index in [-0.39, 0.29) is 46.8 Å². The standard InChI is InChI=1S/C31H52O6/c1-18(27(34)12-13-29(4,5)35)23-8-9-24-22-17-28(37-20(3)33)26-16-21(36-19(2)32)10-14-31(26,7)25(22)11-15-30(23,24)6/h18,21-28,34-35H,8-17H2,1-7H3/t18?,21-,22?,23?,24?,25?,26?,27-,28-,30+,31+/m0/s1. The fraction of sp³-hybridized carbons (Fsp3) is 0.935. The van der Waals surface area contributed by atoms with Crippen LogP contribution in [0.3, 0.4) is 0 Å². The maximum atomic E-state index is 12.2. The lowest BCUT2D eigenvalue weighted by Gasteiger charge is -2.62. The summed E-state index contributed by atoms with van der Waals surface area (Å²) in [7, 11) is 0. The van der Waals surface area contributed by atoms with Gasteiger partial charge in [-0.2, -0.15) is 0 Å². The van der Waals surface area contributed by atoms with Gasteiger partial charge in [0.05, 0.1) is 11.7 Å². The van der Waals surface area contributed by atoms with Crippen molar-refractivity contribution in [3.63, 3.8) is 0 Å². The average Bonchev–Trinajstić information content (AvgIpc) is 3.14. The molecule has 6 heteroatoms. The van der Waals surface area contributed by atoms with Crippen LogP contribution in [0.25, 0.3) is 0 Å². The molecule has 4 aliphatic rings. The maximum Gasteiger partial charge on any atom is 0.302 e. The first kappa shape index (κ1) is 28.9. The van der Waals surface area contributed by atoms with Crippen LogP contribution in [-0.2, 0) is 19.1 Å². The minimum absolute atomic E-state index is 0.0803. The van der Waals surface area contributed by atoms with Crippen LogP contribution in [0, 0.1) is 46.3 Å². The second-order valence-corrected chi connectivity index (χ2v) is 14.4. The predicted octanol–water partition coefficient (Wildman–Crippen LogP) is 5.67. The molecule has 37 heavy (non-hydrogen) atoms. The van der Waals surface area contributed by atoms with E-state index in [9.17, 15) is 19.8 Å². The second kappa shape index (κ2) is 10.4. The van der Waals surface area contributed by atoms with Gasteiger partial charge in [-0.3, -0.25) is 9.59 Å². The van der Waals surface area contributed by atoms with Crippen LogP contribution >= 0.6 is 0 Å². The number of aliphatic hydroxyl groups is 2. The molecule has 11 atom stereocenters. The van der Waals surface area contributed by atoms with E-state index in [1.807, 2.05) is 13.8 Å². The lowest BCUT2D eigenvalue weighted by molar-refractivity contribution is -0.197. The zero-order chi connectivity index (χ0) is 27.3. The van der Waals surface area contributed by atoms with E-state index >= 15 is 0 Å². The molecule has 6 nitrogen and oxygen atoms in total. The summed E-state index contributed by atoms with van der Waals surface area (Å²) in [6, 6.07) is 0. The molecule has 0 bridgehead atoms. The Morgan fingerprint density at radius 3 is 2.16 bits per heavy atom. The minimum atomic E-state index is -0.755. The van der Waals surface area contributed by atoms with Gasteiger partial charge in [0.15, 0.2) is 0 Å². The molecular weight excluding hydrogens is 468 g/mol. The lowest BCUT2D eigenvalue weighted by atomic mass is 9.43. The highest BCUT2D eigenvalue weighted by atomic mass is 16.5. The van der Waals surface area contributed by atoms with Gasteiger partial charge in [0.2, 0.25) is 0 Å². The van der Waals surface area contributed by atoms with Gasteiger partial charge in [0, 0.05) is 19.8 Å². The number of carbonyl (C=O) groups excluding carboxylic acids is 2. The van der Waals surface area contributed by atoms with Gasteiger partial charge in [-0.15, -0.1) is 0 Å². The number of rotatable bonds is 7. The van der Waals surface area contributed by atoms with Crippen molar-refractivity contribution in [3.8, 4) is 0 Å². The molecule has 212 valence electrons. The molecule has 0 heterocycles. The van der Waals surface area contributed by atoms with Crippen molar-refractivity contribution in [1.29, 1.82) is 0 Å². The number of aliphatic hydroxyl groups excluding tert-OH is 1. The van der Waals surface area contributed by atoms with Crippen molar-refractivity contribution in [2.45, 2.75) is 137 Å². The number of ether oxygens (including phenoxy) is 2. The van der Waals surface area contributed by atoms with Crippen LogP contribution in [0.2, 0.25) is 0 Å². The summed E-state index contributed by atoms with van der Waals surface area (Å²) >= 11 is 0. The average molecular weight is 521 g/mol. The Bertz CT molecular complexity index is 849. The molecule has 0 aromatic heterocycles. The smallest absolute Gasteiger partial charge is 0.302 e. The Morgan fingerprint density at radius 2 is 1.54 bits per heavy atom. The van der Waals surface area contributed by atoms with Crippen LogP contribution < -0.4 is 0 Å². The minimum Gasteiger partial charge on any atom is -0.463 e. The van der Waals surface area contributed by atoms with Gasteiger partial charge >= 0.3 is 11.9 Å². The van der Waals surface area contributed by atoms with Crippen LogP contribution in [0.15, 0.2) is 0 Å². The van der Waals surface area contributed by atoms with E-state index in [0.717, 1.165) is 32.1 Å². The summed E-state index contributed by atoms with van der Waals surface area (Å²) in [5, 5.41) is 21.3. The molecule has 0 aromatic rings. The number of hydrogen-bond acceptors (Lipinski definition) is 6. The van der Waals surface area contributed by atoms with Crippen LogP contribution in [0.4, 0.5) is 0 Å². The quantitative estimate of drug-likeness (QED) is 0.420. The van der Waals surface area contributed by atoms with Gasteiger partial charge < -0.3 is 19.7 Å². The second-order valence-electron chi connectivity index (χ2n) is 14.4. The molecule has 0 aliphatic heterocycles. The monoisotopic (exact) mass is 520 g/mol. The first-order valence-corrected chi connectivity index (χ1v) is 14.9. The van der Waals surface area contributed by atoms with Gasteiger partial charge in [-0.05, 0) is 118 Å². The molecule has 0 aromatic carbocycles. The summed E-state index contributed by atoms with van der Waals surface area (Å²) in [5.74, 6) is 2.12. The van der Waals surface area contributed by atoms with Gasteiger partial charge in [0.1, 0.15) is 12.2 Å². The Hall–Kier alpha value is -1.14. The lowest BCUT2D eigenvalue weighted by Crippen LogP contribution is -2.59. The Morgan fingerprint density at radius 1 is 0.919 bits per heavy atom. The maximum absolute atomic E-state index is 12.2. The van der Waals surface area contributed by atoms with Gasteiger partial charge in [-0.1, -0.05) is 20.8 Å². The molecule has 2 N–H and O–H groups in total. The molecule has 4 rings (SSSR count). The molecule has 0 amide bonds. The molecule has 4 aliphatic carbocycles. The summed E-state index contributed by atoms with van der Waals surface area (Å²) in [4.78, 5) is 23.9. The van der Waals surface area contributed by atoms with Crippen LogP contribution in [0.5, 0.6) is 0 Å². The molecule has 6 unspecified atom stereocenters. The van der Waals surface area contributed by atoms with Gasteiger partial charge in [-0.25, -0.2) is 0 Å². The summed E-state index contributed by atoms with van der Waals surface area (Å²) in [6.07, 6.45) is 8.88. The predicted molar refractivity (Wildman–Crippen MR) is 142 cm³/mol. The molecular formula is C31H52O6. The molecule has 0 saturated heterocycles. The highest BCUT2D eigenvalue weighted by molar-refractivity contribution is 5.66. The fourth-order valence-corrected chi connectivity index (χ4v) is 9.85. The Balaban J connectivity index is 1.55. The van der Waals surface area contributed by atoms with E-state index < -0.39 is 11.7 Å². The topological polar surface area (TPSA) is 93.1 Å². The molecule has 0 radical (unpaired) electrons. The molecule has 0 spiro atoms. The van der Waals surface area contributed by atoms with E-state index in [2.05, 4.69) is 20.8 Å². The van der Waals surface area contributed by atoms with Crippen molar-refractivity contribution < 1.29 is 29.3 Å². The van der Waals surface area contributed by atoms with Crippen molar-refractivity contribution in [1.82, 2.24) is 0 Å². The highest BCUT2D eigenvalue weighted by Crippen LogP contribution is 2.68. The van der Waals surface area contributed by atoms with Crippen molar-refractivity contribution in [2.24, 2.45) is 46.3 Å². The number of fused-ring (bicyclic) bond motifs is 5. The third-order valence-electron chi connectivity index (χ3n) is 11.6. The fourth-order valence-electron chi connectivity index (χ4n) is 9.85. The Labute approximate surface area is 224 Å². The van der Waals surface area contributed by atoms with Gasteiger partial charge in [0.25, 0.3) is 0 Å². The van der Waals surface area contributed by atoms with Crippen molar-refractivity contribution in [2.75, 3.05) is 0 Å². The zero-order valence-electron chi connectivity index (χ0n) is 24.3. The summed E-state index contributed by atoms with van der Waals surface area (Å²) < 4.78 is 11.7. The summed E-state index contributed by atoms with van der Waals surface area (Å²) in [6.45, 7) is 13.7. The third kappa shape index (κ3) is 5.62. The number of hydrogen-bond donors (Lipinski definition) is 2. The van der Waals surface area contributed by atoms with E-state index in [1.54, 1.807) is 0 Å². The SMILES string of the molecule is CC(=O)O[C@H]1CC[C@]2(C)C3CC[C@@]4(C)C(CCC4C(C)[C@@H](O)CCC(C)(C)O)C3C[C@H](OC(C)=O)C2C1. The third-order valence-corrected chi connectivity index (χ3v) is 11.6. The largest absolute Gasteiger partial charge is 0.463 e. The number of carbonyl (C=O) groups is 2. The van der Waals surface area contributed by atoms with Crippen LogP contribution in [-0.4, -0.2) is 46.1 Å². The van der Waals surface area contributed by atoms with Crippen LogP contribution in [0.1, 0.15) is 113 Å². The van der Waals surface area contributed by atoms with E-state index in [1.165, 1.54) is 33.1 Å². The summed E-state index contributed by atoms with van der Waals surface area (Å²) in [5.41, 5.74) is -0.499. The van der Waals surface area contributed by atoms with Crippen molar-refractivity contribution >= 4 is 11.9 Å². The van der Waals surface area contributed by atoms with Crippen molar-refractivity contribution in [3.05, 3.63) is 0 Å². The molecule has 4 fully saturated rings. The first-order valence-electron chi connectivity index (χ1n) is 14.9.